The van der Waals surface area contributed by atoms with Gasteiger partial charge in [0, 0.05) is 35.0 Å². The molecule has 1 amide bonds. The Bertz CT molecular complexity index is 1210. The number of piperidine rings is 1. The molecule has 5 N–H and O–H groups in total. The van der Waals surface area contributed by atoms with Crippen LogP contribution in [0.3, 0.4) is 0 Å². The Morgan fingerprint density at radius 3 is 2.75 bits per heavy atom. The summed E-state index contributed by atoms with van der Waals surface area (Å²) < 4.78 is 17.2. The number of nitrogens with one attached hydrogen (secondary N) is 1. The van der Waals surface area contributed by atoms with Gasteiger partial charge in [-0.3, -0.25) is 4.79 Å². The molecule has 2 aromatic rings. The van der Waals surface area contributed by atoms with E-state index in [1.54, 1.807) is 6.08 Å². The first-order valence-electron chi connectivity index (χ1n) is 12.3. The molecule has 2 saturated heterocycles. The SMILES string of the molecule is C=CC1C(O[C@@H]2O[C@H](CO)[C@H](O)[C@H](O)[C@H]2O)OC=C2C(=O)N3CCc4c([nH]c5ccccc45)C3CC21. The van der Waals surface area contributed by atoms with E-state index in [1.807, 2.05) is 23.1 Å². The zero-order valence-electron chi connectivity index (χ0n) is 19.6. The fourth-order valence-electron chi connectivity index (χ4n) is 6.13. The summed E-state index contributed by atoms with van der Waals surface area (Å²) in [6.45, 7) is 4.01. The number of benzene rings is 1. The van der Waals surface area contributed by atoms with Gasteiger partial charge in [-0.15, -0.1) is 6.58 Å². The lowest BCUT2D eigenvalue weighted by molar-refractivity contribution is -0.339. The van der Waals surface area contributed by atoms with Gasteiger partial charge in [0.2, 0.25) is 6.29 Å². The molecule has 36 heavy (non-hydrogen) atoms. The second-order valence-electron chi connectivity index (χ2n) is 9.89. The van der Waals surface area contributed by atoms with Gasteiger partial charge < -0.3 is 44.5 Å². The van der Waals surface area contributed by atoms with E-state index in [4.69, 9.17) is 14.2 Å². The van der Waals surface area contributed by atoms with E-state index in [-0.39, 0.29) is 17.9 Å². The van der Waals surface area contributed by atoms with E-state index in [2.05, 4.69) is 17.6 Å². The van der Waals surface area contributed by atoms with Crippen molar-refractivity contribution in [1.29, 1.82) is 0 Å². The number of nitrogens with zero attached hydrogens (tertiary/aromatic N) is 1. The van der Waals surface area contributed by atoms with Crippen molar-refractivity contribution in [2.24, 2.45) is 11.8 Å². The Kier molecular flexibility index (Phi) is 5.90. The summed E-state index contributed by atoms with van der Waals surface area (Å²) >= 11 is 0. The zero-order chi connectivity index (χ0) is 25.1. The number of rotatable bonds is 4. The molecule has 4 unspecified atom stereocenters. The molecule has 1 aromatic carbocycles. The van der Waals surface area contributed by atoms with Crippen molar-refractivity contribution >= 4 is 16.8 Å². The predicted octanol–water partition coefficient (Wildman–Crippen LogP) is 0.473. The quantitative estimate of drug-likeness (QED) is 0.383. The third-order valence-electron chi connectivity index (χ3n) is 8.04. The van der Waals surface area contributed by atoms with Crippen LogP contribution in [0.5, 0.6) is 0 Å². The smallest absolute Gasteiger partial charge is 0.253 e. The third-order valence-corrected chi connectivity index (χ3v) is 8.04. The molecular formula is C26H30N2O8. The van der Waals surface area contributed by atoms with Gasteiger partial charge in [-0.1, -0.05) is 24.3 Å². The van der Waals surface area contributed by atoms with Crippen LogP contribution in [-0.2, 0) is 25.4 Å². The highest BCUT2D eigenvalue weighted by Crippen LogP contribution is 2.48. The van der Waals surface area contributed by atoms with E-state index in [0.29, 0.717) is 18.5 Å². The summed E-state index contributed by atoms with van der Waals surface area (Å²) in [7, 11) is 0. The van der Waals surface area contributed by atoms with Gasteiger partial charge in [-0.25, -0.2) is 0 Å². The highest BCUT2D eigenvalue weighted by atomic mass is 16.8. The van der Waals surface area contributed by atoms with E-state index in [0.717, 1.165) is 17.6 Å². The molecule has 0 aliphatic carbocycles. The number of hydrogen-bond acceptors (Lipinski definition) is 8. The van der Waals surface area contributed by atoms with Crippen molar-refractivity contribution in [3.63, 3.8) is 0 Å². The van der Waals surface area contributed by atoms with Crippen LogP contribution in [-0.4, -0.2) is 86.4 Å². The Morgan fingerprint density at radius 2 is 1.97 bits per heavy atom. The number of ether oxygens (including phenoxy) is 3. The summed E-state index contributed by atoms with van der Waals surface area (Å²) in [5.74, 6) is -0.783. The number of aliphatic hydroxyl groups is 4. The summed E-state index contributed by atoms with van der Waals surface area (Å²) in [5, 5.41) is 41.3. The summed E-state index contributed by atoms with van der Waals surface area (Å²) in [6.07, 6.45) is -3.53. The summed E-state index contributed by atoms with van der Waals surface area (Å²) in [6, 6.07) is 8.01. The number of amides is 1. The van der Waals surface area contributed by atoms with Crippen LogP contribution in [0.15, 0.2) is 48.8 Å². The number of para-hydroxylation sites is 1. The second kappa shape index (κ2) is 8.98. The largest absolute Gasteiger partial charge is 0.471 e. The van der Waals surface area contributed by atoms with Crippen LogP contribution in [0.1, 0.15) is 23.7 Å². The lowest BCUT2D eigenvalue weighted by atomic mass is 9.74. The Balaban J connectivity index is 1.28. The van der Waals surface area contributed by atoms with Crippen molar-refractivity contribution in [3.8, 4) is 0 Å². The molecule has 10 nitrogen and oxygen atoms in total. The molecule has 192 valence electrons. The number of fused-ring (bicyclic) bond motifs is 6. The minimum absolute atomic E-state index is 0.0845. The number of aromatic nitrogens is 1. The maximum atomic E-state index is 13.5. The van der Waals surface area contributed by atoms with Crippen molar-refractivity contribution in [1.82, 2.24) is 9.88 Å². The molecule has 4 aliphatic rings. The van der Waals surface area contributed by atoms with Gasteiger partial charge in [0.25, 0.3) is 5.91 Å². The number of carbonyl (C=O) groups is 1. The van der Waals surface area contributed by atoms with E-state index in [9.17, 15) is 25.2 Å². The van der Waals surface area contributed by atoms with Crippen LogP contribution in [0, 0.1) is 11.8 Å². The summed E-state index contributed by atoms with van der Waals surface area (Å²) in [5.41, 5.74) is 3.89. The number of H-pyrrole nitrogens is 1. The van der Waals surface area contributed by atoms with Crippen molar-refractivity contribution in [3.05, 3.63) is 60.0 Å². The van der Waals surface area contributed by atoms with Crippen molar-refractivity contribution in [2.75, 3.05) is 13.2 Å². The first-order chi connectivity index (χ1) is 17.4. The van der Waals surface area contributed by atoms with E-state index < -0.39 is 49.5 Å². The monoisotopic (exact) mass is 498 g/mol. The van der Waals surface area contributed by atoms with E-state index in [1.165, 1.54) is 17.2 Å². The van der Waals surface area contributed by atoms with Crippen LogP contribution >= 0.6 is 0 Å². The number of hydrogen-bond donors (Lipinski definition) is 5. The lowest BCUT2D eigenvalue weighted by Crippen LogP contribution is -2.60. The van der Waals surface area contributed by atoms with Crippen LogP contribution in [0.2, 0.25) is 0 Å². The molecule has 0 spiro atoms. The second-order valence-corrected chi connectivity index (χ2v) is 9.89. The van der Waals surface area contributed by atoms with Crippen LogP contribution in [0.4, 0.5) is 0 Å². The van der Waals surface area contributed by atoms with Crippen molar-refractivity contribution in [2.45, 2.75) is 55.9 Å². The fourth-order valence-corrected chi connectivity index (χ4v) is 6.13. The van der Waals surface area contributed by atoms with Gasteiger partial charge in [0.05, 0.1) is 24.5 Å². The molecular weight excluding hydrogens is 468 g/mol. The minimum atomic E-state index is -1.56. The van der Waals surface area contributed by atoms with Gasteiger partial charge in [0.1, 0.15) is 24.4 Å². The van der Waals surface area contributed by atoms with Gasteiger partial charge in [-0.2, -0.15) is 0 Å². The number of aliphatic hydroxyl groups excluding tert-OH is 4. The van der Waals surface area contributed by atoms with Gasteiger partial charge in [-0.05, 0) is 24.5 Å². The fraction of sp³-hybridized carbons (Fsp3) is 0.500. The Labute approximate surface area is 207 Å². The van der Waals surface area contributed by atoms with E-state index >= 15 is 0 Å². The Morgan fingerprint density at radius 1 is 1.17 bits per heavy atom. The molecule has 4 aliphatic heterocycles. The maximum absolute atomic E-state index is 13.5. The third kappa shape index (κ3) is 3.52. The molecule has 1 aromatic heterocycles. The molecule has 5 heterocycles. The van der Waals surface area contributed by atoms with Gasteiger partial charge in [0.15, 0.2) is 6.29 Å². The zero-order valence-corrected chi connectivity index (χ0v) is 19.6. The molecule has 0 radical (unpaired) electrons. The standard InChI is InChI=1S/C26H30N2O8/c1-2-12-15-9-18-20-14(13-5-3-4-6-17(13)27-20)7-8-28(18)24(33)16(15)11-34-25(12)36-26-23(32)22(31)21(30)19(10-29)35-26/h2-6,11-12,15,18-19,21-23,25-27,29-32H,1,7-10H2/t12?,15?,18?,19-,21+,22+,23-,25?,26+/m1/s1. The Hall–Kier alpha value is -2.73. The highest BCUT2D eigenvalue weighted by molar-refractivity contribution is 5.96. The molecule has 9 atom stereocenters. The maximum Gasteiger partial charge on any atom is 0.253 e. The molecule has 10 heteroatoms. The number of carbonyl (C=O) groups excluding carboxylic acids is 1. The van der Waals surface area contributed by atoms with Crippen molar-refractivity contribution < 1.29 is 39.4 Å². The topological polar surface area (TPSA) is 145 Å². The normalized spacial score (nSPS) is 38.0. The highest BCUT2D eigenvalue weighted by Gasteiger charge is 2.51. The van der Waals surface area contributed by atoms with Gasteiger partial charge >= 0.3 is 0 Å². The first-order valence-corrected chi connectivity index (χ1v) is 12.3. The minimum Gasteiger partial charge on any atom is -0.471 e. The van der Waals surface area contributed by atoms with Crippen LogP contribution in [0.25, 0.3) is 10.9 Å². The molecule has 6 rings (SSSR count). The molecule has 0 saturated carbocycles. The summed E-state index contributed by atoms with van der Waals surface area (Å²) in [4.78, 5) is 19.0. The average Bonchev–Trinajstić information content (AvgIpc) is 3.28. The lowest BCUT2D eigenvalue weighted by Gasteiger charge is -2.48. The number of aromatic amines is 1. The predicted molar refractivity (Wildman–Crippen MR) is 126 cm³/mol. The van der Waals surface area contributed by atoms with Crippen LogP contribution < -0.4 is 0 Å². The average molecular weight is 499 g/mol. The molecule has 0 bridgehead atoms. The molecule has 2 fully saturated rings. The first kappa shape index (κ1) is 23.7.